The SMILES string of the molecule is Cc1nc(Cl)c([N+](=O)[O-])cc1C(O)C(O)CCl. The summed E-state index contributed by atoms with van der Waals surface area (Å²) < 4.78 is 0. The molecule has 2 unspecified atom stereocenters. The van der Waals surface area contributed by atoms with Gasteiger partial charge < -0.3 is 10.2 Å². The van der Waals surface area contributed by atoms with Crippen molar-refractivity contribution in [3.8, 4) is 0 Å². The zero-order valence-electron chi connectivity index (χ0n) is 8.80. The molecule has 0 bridgehead atoms. The van der Waals surface area contributed by atoms with Gasteiger partial charge in [0.25, 0.3) is 0 Å². The van der Waals surface area contributed by atoms with Crippen LogP contribution in [0.1, 0.15) is 17.4 Å². The third-order valence-corrected chi connectivity index (χ3v) is 2.82. The number of alkyl halides is 1. The van der Waals surface area contributed by atoms with Crippen molar-refractivity contribution in [3.63, 3.8) is 0 Å². The van der Waals surface area contributed by atoms with E-state index in [1.165, 1.54) is 6.92 Å². The lowest BCUT2D eigenvalue weighted by molar-refractivity contribution is -0.385. The maximum atomic E-state index is 10.7. The molecule has 2 atom stereocenters. The van der Waals surface area contributed by atoms with Gasteiger partial charge in [-0.15, -0.1) is 11.6 Å². The highest BCUT2D eigenvalue weighted by molar-refractivity contribution is 6.31. The van der Waals surface area contributed by atoms with Gasteiger partial charge >= 0.3 is 5.69 Å². The van der Waals surface area contributed by atoms with Crippen LogP contribution in [-0.2, 0) is 0 Å². The topological polar surface area (TPSA) is 96.5 Å². The standard InChI is InChI=1S/C9H10Cl2N2O4/c1-4-5(8(15)7(14)3-10)2-6(13(16)17)9(11)12-4/h2,7-8,14-15H,3H2,1H3. The number of aliphatic hydroxyl groups is 2. The molecular formula is C9H10Cl2N2O4. The fraction of sp³-hybridized carbons (Fsp3) is 0.444. The third-order valence-electron chi connectivity index (χ3n) is 2.23. The van der Waals surface area contributed by atoms with Gasteiger partial charge in [-0.05, 0) is 6.92 Å². The van der Waals surface area contributed by atoms with Crippen molar-refractivity contribution in [2.45, 2.75) is 19.1 Å². The summed E-state index contributed by atoms with van der Waals surface area (Å²) >= 11 is 11.0. The van der Waals surface area contributed by atoms with Crippen molar-refractivity contribution in [2.24, 2.45) is 0 Å². The van der Waals surface area contributed by atoms with Crippen molar-refractivity contribution < 1.29 is 15.1 Å². The zero-order valence-corrected chi connectivity index (χ0v) is 10.3. The lowest BCUT2D eigenvalue weighted by Crippen LogP contribution is -2.21. The van der Waals surface area contributed by atoms with Gasteiger partial charge in [-0.2, -0.15) is 0 Å². The van der Waals surface area contributed by atoms with Crippen LogP contribution >= 0.6 is 23.2 Å². The highest BCUT2D eigenvalue weighted by Gasteiger charge is 2.24. The highest BCUT2D eigenvalue weighted by atomic mass is 35.5. The summed E-state index contributed by atoms with van der Waals surface area (Å²) in [6.45, 7) is 1.52. The summed E-state index contributed by atoms with van der Waals surface area (Å²) in [6.07, 6.45) is -2.56. The molecule has 17 heavy (non-hydrogen) atoms. The lowest BCUT2D eigenvalue weighted by atomic mass is 10.0. The van der Waals surface area contributed by atoms with E-state index in [2.05, 4.69) is 4.98 Å². The van der Waals surface area contributed by atoms with E-state index in [1.54, 1.807) is 0 Å². The van der Waals surface area contributed by atoms with Gasteiger partial charge in [0.1, 0.15) is 6.10 Å². The second kappa shape index (κ2) is 5.59. The summed E-state index contributed by atoms with van der Waals surface area (Å²) in [5.41, 5.74) is 0.0135. The minimum Gasteiger partial charge on any atom is -0.389 e. The quantitative estimate of drug-likeness (QED) is 0.378. The summed E-state index contributed by atoms with van der Waals surface area (Å²) in [6, 6.07) is 1.09. The normalized spacial score (nSPS) is 14.4. The molecule has 0 spiro atoms. The maximum Gasteiger partial charge on any atom is 0.306 e. The molecule has 0 saturated carbocycles. The third kappa shape index (κ3) is 3.04. The number of nitro groups is 1. The van der Waals surface area contributed by atoms with Crippen molar-refractivity contribution in [1.82, 2.24) is 4.98 Å². The number of aromatic nitrogens is 1. The second-order valence-electron chi connectivity index (χ2n) is 3.40. The first-order valence-corrected chi connectivity index (χ1v) is 5.53. The van der Waals surface area contributed by atoms with E-state index >= 15 is 0 Å². The molecule has 0 aliphatic heterocycles. The van der Waals surface area contributed by atoms with Gasteiger partial charge in [0.2, 0.25) is 5.15 Å². The van der Waals surface area contributed by atoms with Crippen LogP contribution in [0, 0.1) is 17.0 Å². The van der Waals surface area contributed by atoms with Gasteiger partial charge in [-0.3, -0.25) is 10.1 Å². The molecule has 0 aliphatic carbocycles. The van der Waals surface area contributed by atoms with Crippen LogP contribution in [0.5, 0.6) is 0 Å². The van der Waals surface area contributed by atoms with Crippen molar-refractivity contribution in [2.75, 3.05) is 5.88 Å². The smallest absolute Gasteiger partial charge is 0.306 e. The van der Waals surface area contributed by atoms with Gasteiger partial charge in [0, 0.05) is 17.3 Å². The minimum atomic E-state index is -1.34. The van der Waals surface area contributed by atoms with E-state index in [0.29, 0.717) is 5.69 Å². The molecule has 94 valence electrons. The van der Waals surface area contributed by atoms with Gasteiger partial charge in [-0.1, -0.05) is 11.6 Å². The van der Waals surface area contributed by atoms with E-state index in [9.17, 15) is 20.3 Å². The molecule has 2 N–H and O–H groups in total. The van der Waals surface area contributed by atoms with Crippen molar-refractivity contribution in [1.29, 1.82) is 0 Å². The Labute approximate surface area is 107 Å². The number of halogens is 2. The molecule has 1 aromatic heterocycles. The van der Waals surface area contributed by atoms with Gasteiger partial charge in [0.05, 0.1) is 16.9 Å². The zero-order chi connectivity index (χ0) is 13.2. The molecule has 0 amide bonds. The summed E-state index contributed by atoms with van der Waals surface area (Å²) in [7, 11) is 0. The molecule has 8 heteroatoms. The number of hydrogen-bond donors (Lipinski definition) is 2. The van der Waals surface area contributed by atoms with E-state index in [1.807, 2.05) is 0 Å². The number of pyridine rings is 1. The van der Waals surface area contributed by atoms with Crippen molar-refractivity contribution in [3.05, 3.63) is 32.6 Å². The summed E-state index contributed by atoms with van der Waals surface area (Å²) in [5, 5.41) is 29.5. The van der Waals surface area contributed by atoms with E-state index < -0.39 is 22.8 Å². The van der Waals surface area contributed by atoms with E-state index in [-0.39, 0.29) is 16.6 Å². The van der Waals surface area contributed by atoms with Crippen LogP contribution in [0.25, 0.3) is 0 Å². The minimum absolute atomic E-state index is 0.134. The molecule has 0 aromatic carbocycles. The maximum absolute atomic E-state index is 10.7. The van der Waals surface area contributed by atoms with Crippen LogP contribution in [0.15, 0.2) is 6.07 Å². The Morgan fingerprint density at radius 1 is 1.59 bits per heavy atom. The summed E-state index contributed by atoms with van der Waals surface area (Å²) in [4.78, 5) is 13.7. The van der Waals surface area contributed by atoms with Crippen LogP contribution in [-0.4, -0.2) is 32.1 Å². The fourth-order valence-electron chi connectivity index (χ4n) is 1.30. The first kappa shape index (κ1) is 14.1. The highest BCUT2D eigenvalue weighted by Crippen LogP contribution is 2.29. The molecule has 0 fully saturated rings. The Morgan fingerprint density at radius 2 is 2.18 bits per heavy atom. The monoisotopic (exact) mass is 280 g/mol. The molecule has 6 nitrogen and oxygen atoms in total. The molecule has 0 saturated heterocycles. The molecule has 0 aliphatic rings. The second-order valence-corrected chi connectivity index (χ2v) is 4.06. The molecule has 1 heterocycles. The Hall–Kier alpha value is -0.950. The Bertz CT molecular complexity index is 441. The van der Waals surface area contributed by atoms with Crippen LogP contribution in [0.3, 0.4) is 0 Å². The molecule has 1 aromatic rings. The number of rotatable bonds is 4. The fourth-order valence-corrected chi connectivity index (χ4v) is 1.72. The Kier molecular flexibility index (Phi) is 4.64. The van der Waals surface area contributed by atoms with E-state index in [4.69, 9.17) is 23.2 Å². The van der Waals surface area contributed by atoms with Crippen molar-refractivity contribution >= 4 is 28.9 Å². The summed E-state index contributed by atoms with van der Waals surface area (Å²) in [5.74, 6) is -0.197. The predicted octanol–water partition coefficient (Wildman–Crippen LogP) is 1.58. The number of aryl methyl sites for hydroxylation is 1. The number of hydrogen-bond acceptors (Lipinski definition) is 5. The first-order chi connectivity index (χ1) is 7.88. The van der Waals surface area contributed by atoms with Gasteiger partial charge in [-0.25, -0.2) is 4.98 Å². The Balaban J connectivity index is 3.24. The molecule has 1 rings (SSSR count). The van der Waals surface area contributed by atoms with Crippen LogP contribution < -0.4 is 0 Å². The average Bonchev–Trinajstić information content (AvgIpc) is 2.26. The van der Waals surface area contributed by atoms with Crippen LogP contribution in [0.4, 0.5) is 5.69 Å². The number of nitrogens with zero attached hydrogens (tertiary/aromatic N) is 2. The van der Waals surface area contributed by atoms with Crippen LogP contribution in [0.2, 0.25) is 5.15 Å². The van der Waals surface area contributed by atoms with E-state index in [0.717, 1.165) is 6.07 Å². The molecule has 0 radical (unpaired) electrons. The Morgan fingerprint density at radius 3 is 2.65 bits per heavy atom. The molecular weight excluding hydrogens is 271 g/mol. The predicted molar refractivity (Wildman–Crippen MR) is 62.3 cm³/mol. The number of aliphatic hydroxyl groups excluding tert-OH is 2. The first-order valence-electron chi connectivity index (χ1n) is 4.62. The average molecular weight is 281 g/mol. The van der Waals surface area contributed by atoms with Gasteiger partial charge in [0.15, 0.2) is 0 Å². The largest absolute Gasteiger partial charge is 0.389 e. The lowest BCUT2D eigenvalue weighted by Gasteiger charge is -2.17.